The van der Waals surface area contributed by atoms with Crippen molar-refractivity contribution in [1.82, 2.24) is 23.8 Å². The van der Waals surface area contributed by atoms with E-state index in [1.807, 2.05) is 6.92 Å². The summed E-state index contributed by atoms with van der Waals surface area (Å²) in [5.41, 5.74) is 1.05. The van der Waals surface area contributed by atoms with Crippen molar-refractivity contribution in [3.8, 4) is 0 Å². The molecule has 2 aromatic heterocycles. The Labute approximate surface area is 172 Å². The van der Waals surface area contributed by atoms with Crippen LogP contribution in [0, 0.1) is 12.8 Å². The standard InChI is InChI=1S/C20H30N6O2S/c1-15-22-18(12-19(23-15)24-17-5-3-4-6-17)11-16-7-9-26(10-8-16)29(27,28)20-13-25(2)14-21-20/h12-14,16-17H,3-11H2,1-2H3,(H,22,23,24). The Bertz CT molecular complexity index is 944. The Morgan fingerprint density at radius 3 is 2.52 bits per heavy atom. The lowest BCUT2D eigenvalue weighted by molar-refractivity contribution is 0.271. The highest BCUT2D eigenvalue weighted by molar-refractivity contribution is 7.89. The number of aryl methyl sites for hydroxylation is 2. The number of sulfonamides is 1. The highest BCUT2D eigenvalue weighted by Crippen LogP contribution is 2.26. The zero-order chi connectivity index (χ0) is 20.4. The summed E-state index contributed by atoms with van der Waals surface area (Å²) in [6.45, 7) is 2.99. The predicted molar refractivity (Wildman–Crippen MR) is 111 cm³/mol. The summed E-state index contributed by atoms with van der Waals surface area (Å²) >= 11 is 0. The van der Waals surface area contributed by atoms with Crippen molar-refractivity contribution in [1.29, 1.82) is 0 Å². The number of anilines is 1. The SMILES string of the molecule is Cc1nc(CC2CCN(S(=O)(=O)c3cn(C)cn3)CC2)cc(NC2CCCC2)n1. The number of aromatic nitrogens is 4. The molecule has 1 saturated carbocycles. The van der Waals surface area contributed by atoms with Gasteiger partial charge in [-0.05, 0) is 44.9 Å². The Hall–Kier alpha value is -2.00. The molecule has 4 rings (SSSR count). The number of hydrogen-bond acceptors (Lipinski definition) is 6. The van der Waals surface area contributed by atoms with Gasteiger partial charge in [0.15, 0.2) is 5.03 Å². The zero-order valence-electron chi connectivity index (χ0n) is 17.2. The third kappa shape index (κ3) is 4.78. The number of nitrogens with zero attached hydrogens (tertiary/aromatic N) is 5. The van der Waals surface area contributed by atoms with E-state index in [1.54, 1.807) is 22.1 Å². The van der Waals surface area contributed by atoms with E-state index in [0.717, 1.165) is 36.6 Å². The monoisotopic (exact) mass is 418 g/mol. The molecule has 0 atom stereocenters. The summed E-state index contributed by atoms with van der Waals surface area (Å²) in [5.74, 6) is 2.14. The average molecular weight is 419 g/mol. The Balaban J connectivity index is 1.36. The van der Waals surface area contributed by atoms with Crippen LogP contribution in [0.5, 0.6) is 0 Å². The molecule has 0 unspecified atom stereocenters. The largest absolute Gasteiger partial charge is 0.367 e. The normalized spacial score (nSPS) is 19.7. The molecule has 1 N–H and O–H groups in total. The Morgan fingerprint density at radius 1 is 1.14 bits per heavy atom. The van der Waals surface area contributed by atoms with Crippen LogP contribution in [0.2, 0.25) is 0 Å². The zero-order valence-corrected chi connectivity index (χ0v) is 18.0. The van der Waals surface area contributed by atoms with Gasteiger partial charge in [0.05, 0.1) is 6.33 Å². The summed E-state index contributed by atoms with van der Waals surface area (Å²) in [6.07, 6.45) is 10.6. The third-order valence-electron chi connectivity index (χ3n) is 5.95. The molecule has 29 heavy (non-hydrogen) atoms. The van der Waals surface area contributed by atoms with Gasteiger partial charge < -0.3 is 9.88 Å². The van der Waals surface area contributed by atoms with Gasteiger partial charge in [-0.2, -0.15) is 4.31 Å². The van der Waals surface area contributed by atoms with Crippen molar-refractivity contribution < 1.29 is 8.42 Å². The number of piperidine rings is 1. The summed E-state index contributed by atoms with van der Waals surface area (Å²) in [6, 6.07) is 2.60. The van der Waals surface area contributed by atoms with Crippen molar-refractivity contribution >= 4 is 15.8 Å². The maximum Gasteiger partial charge on any atom is 0.262 e. The average Bonchev–Trinajstić information content (AvgIpc) is 3.34. The Morgan fingerprint density at radius 2 is 1.86 bits per heavy atom. The first kappa shape index (κ1) is 20.3. The van der Waals surface area contributed by atoms with Gasteiger partial charge in [-0.3, -0.25) is 0 Å². The van der Waals surface area contributed by atoms with Crippen LogP contribution in [0.4, 0.5) is 5.82 Å². The van der Waals surface area contributed by atoms with Gasteiger partial charge in [0, 0.05) is 44.1 Å². The van der Waals surface area contributed by atoms with Gasteiger partial charge in [-0.1, -0.05) is 12.8 Å². The molecule has 2 aliphatic rings. The number of hydrogen-bond donors (Lipinski definition) is 1. The van der Waals surface area contributed by atoms with E-state index >= 15 is 0 Å². The van der Waals surface area contributed by atoms with E-state index in [4.69, 9.17) is 0 Å². The molecule has 8 nitrogen and oxygen atoms in total. The molecule has 0 bridgehead atoms. The molecule has 9 heteroatoms. The second-order valence-corrected chi connectivity index (χ2v) is 10.2. The molecule has 1 aliphatic heterocycles. The topological polar surface area (TPSA) is 93.0 Å². The number of rotatable bonds is 6. The first-order chi connectivity index (χ1) is 13.9. The van der Waals surface area contributed by atoms with E-state index in [1.165, 1.54) is 32.0 Å². The van der Waals surface area contributed by atoms with Crippen LogP contribution >= 0.6 is 0 Å². The molecule has 2 aromatic rings. The summed E-state index contributed by atoms with van der Waals surface area (Å²) in [4.78, 5) is 13.2. The third-order valence-corrected chi connectivity index (χ3v) is 7.74. The summed E-state index contributed by atoms with van der Waals surface area (Å²) in [5, 5.41) is 3.69. The lowest BCUT2D eigenvalue weighted by Crippen LogP contribution is -2.39. The molecule has 2 fully saturated rings. The van der Waals surface area contributed by atoms with Crippen molar-refractivity contribution in [3.05, 3.63) is 30.1 Å². The lowest BCUT2D eigenvalue weighted by atomic mass is 9.93. The molecule has 0 spiro atoms. The first-order valence-corrected chi connectivity index (χ1v) is 11.9. The minimum atomic E-state index is -3.50. The van der Waals surface area contributed by atoms with E-state index in [0.29, 0.717) is 25.0 Å². The maximum atomic E-state index is 12.7. The van der Waals surface area contributed by atoms with E-state index in [-0.39, 0.29) is 5.03 Å². The van der Waals surface area contributed by atoms with Crippen molar-refractivity contribution in [2.75, 3.05) is 18.4 Å². The van der Waals surface area contributed by atoms with Crippen LogP contribution in [-0.4, -0.2) is 51.4 Å². The molecule has 0 radical (unpaired) electrons. The van der Waals surface area contributed by atoms with Crippen LogP contribution in [0.1, 0.15) is 50.0 Å². The number of imidazole rings is 1. The van der Waals surface area contributed by atoms with Crippen LogP contribution < -0.4 is 5.32 Å². The fourth-order valence-corrected chi connectivity index (χ4v) is 5.83. The number of nitrogens with one attached hydrogen (secondary N) is 1. The van der Waals surface area contributed by atoms with Gasteiger partial charge >= 0.3 is 0 Å². The van der Waals surface area contributed by atoms with E-state index in [2.05, 4.69) is 26.3 Å². The van der Waals surface area contributed by atoms with Crippen LogP contribution in [0.15, 0.2) is 23.6 Å². The van der Waals surface area contributed by atoms with Crippen molar-refractivity contribution in [3.63, 3.8) is 0 Å². The fraction of sp³-hybridized carbons (Fsp3) is 0.650. The van der Waals surface area contributed by atoms with E-state index in [9.17, 15) is 8.42 Å². The predicted octanol–water partition coefficient (Wildman–Crippen LogP) is 2.52. The minimum absolute atomic E-state index is 0.132. The van der Waals surface area contributed by atoms with Crippen LogP contribution in [0.25, 0.3) is 0 Å². The highest BCUT2D eigenvalue weighted by Gasteiger charge is 2.31. The second kappa shape index (κ2) is 8.39. The molecule has 0 amide bonds. The highest BCUT2D eigenvalue weighted by atomic mass is 32.2. The van der Waals surface area contributed by atoms with Gasteiger partial charge in [0.2, 0.25) is 0 Å². The quantitative estimate of drug-likeness (QED) is 0.775. The lowest BCUT2D eigenvalue weighted by Gasteiger charge is -2.30. The minimum Gasteiger partial charge on any atom is -0.367 e. The molecule has 158 valence electrons. The first-order valence-electron chi connectivity index (χ1n) is 10.5. The van der Waals surface area contributed by atoms with E-state index < -0.39 is 10.0 Å². The van der Waals surface area contributed by atoms with Crippen LogP contribution in [0.3, 0.4) is 0 Å². The summed E-state index contributed by atoms with van der Waals surface area (Å²) < 4.78 is 28.7. The smallest absolute Gasteiger partial charge is 0.262 e. The maximum absolute atomic E-state index is 12.7. The summed E-state index contributed by atoms with van der Waals surface area (Å²) in [7, 11) is -1.72. The molecular formula is C20H30N6O2S. The van der Waals surface area contributed by atoms with Gasteiger partial charge in [-0.25, -0.2) is 23.4 Å². The fourth-order valence-electron chi connectivity index (χ4n) is 4.39. The van der Waals surface area contributed by atoms with Crippen LogP contribution in [-0.2, 0) is 23.5 Å². The molecule has 1 aliphatic carbocycles. The van der Waals surface area contributed by atoms with Crippen molar-refractivity contribution in [2.45, 2.75) is 62.9 Å². The van der Waals surface area contributed by atoms with Gasteiger partial charge in [0.1, 0.15) is 11.6 Å². The van der Waals surface area contributed by atoms with Gasteiger partial charge in [0.25, 0.3) is 10.0 Å². The molecule has 0 aromatic carbocycles. The van der Waals surface area contributed by atoms with Crippen molar-refractivity contribution in [2.24, 2.45) is 13.0 Å². The molecular weight excluding hydrogens is 388 g/mol. The second-order valence-electron chi connectivity index (χ2n) is 8.35. The molecule has 1 saturated heterocycles. The van der Waals surface area contributed by atoms with Gasteiger partial charge in [-0.15, -0.1) is 0 Å². The molecule has 3 heterocycles. The Kier molecular flexibility index (Phi) is 5.87.